The van der Waals surface area contributed by atoms with Crippen molar-refractivity contribution in [1.82, 2.24) is 19.6 Å². The van der Waals surface area contributed by atoms with Gasteiger partial charge in [0.15, 0.2) is 0 Å². The molecular formula is C18H23N5O3. The average molecular weight is 357 g/mol. The molecule has 138 valence electrons. The highest BCUT2D eigenvalue weighted by atomic mass is 16.2. The zero-order valence-electron chi connectivity index (χ0n) is 14.8. The Balaban J connectivity index is 1.63. The van der Waals surface area contributed by atoms with Crippen molar-refractivity contribution in [2.24, 2.45) is 11.7 Å². The van der Waals surface area contributed by atoms with E-state index in [2.05, 4.69) is 15.2 Å². The van der Waals surface area contributed by atoms with E-state index < -0.39 is 5.91 Å². The maximum atomic E-state index is 12.6. The number of amides is 2. The fraction of sp³-hybridized carbons (Fsp3) is 0.444. The molecule has 8 heteroatoms. The smallest absolute Gasteiger partial charge is 0.270 e. The van der Waals surface area contributed by atoms with Crippen molar-refractivity contribution in [3.8, 4) is 0 Å². The predicted octanol–water partition coefficient (Wildman–Crippen LogP) is -0.0700. The second-order valence-corrected chi connectivity index (χ2v) is 6.64. The second-order valence-electron chi connectivity index (χ2n) is 6.64. The lowest BCUT2D eigenvalue weighted by molar-refractivity contribution is -0.123. The number of primary amides is 1. The van der Waals surface area contributed by atoms with E-state index in [1.54, 1.807) is 19.1 Å². The summed E-state index contributed by atoms with van der Waals surface area (Å²) in [5.41, 5.74) is 6.25. The third-order valence-corrected chi connectivity index (χ3v) is 4.79. The zero-order valence-corrected chi connectivity index (χ0v) is 14.8. The Kier molecular flexibility index (Phi) is 5.32. The van der Waals surface area contributed by atoms with Crippen molar-refractivity contribution in [2.45, 2.75) is 19.8 Å². The normalized spacial score (nSPS) is 18.0. The van der Waals surface area contributed by atoms with Crippen LogP contribution in [0, 0.1) is 12.8 Å². The number of likely N-dealkylation sites (tertiary alicyclic amines) is 1. The third-order valence-electron chi connectivity index (χ3n) is 4.79. The molecule has 2 aromatic heterocycles. The van der Waals surface area contributed by atoms with Crippen molar-refractivity contribution in [1.29, 1.82) is 0 Å². The van der Waals surface area contributed by atoms with Crippen LogP contribution in [0.3, 0.4) is 0 Å². The Bertz CT molecular complexity index is 892. The fourth-order valence-corrected chi connectivity index (χ4v) is 3.34. The summed E-state index contributed by atoms with van der Waals surface area (Å²) in [5.74, 6) is -0.843. The van der Waals surface area contributed by atoms with Crippen LogP contribution in [0.1, 0.15) is 28.9 Å². The SMILES string of the molecule is Cc1cccc2ncc(C(=O)NCCN3CCCC(C(N)=O)C3)c(=O)n12. The molecule has 0 saturated carbocycles. The molecule has 0 aromatic carbocycles. The standard InChI is InChI=1S/C18H23N5O3/c1-12-4-2-6-15-21-10-14(18(26)23(12)15)17(25)20-7-9-22-8-3-5-13(11-22)16(19)24/h2,4,6,10,13H,3,5,7-9,11H2,1H3,(H2,19,24)(H,20,25). The molecule has 3 heterocycles. The first-order valence-electron chi connectivity index (χ1n) is 8.74. The van der Waals surface area contributed by atoms with Crippen LogP contribution in [0.15, 0.2) is 29.2 Å². The Labute approximate surface area is 151 Å². The van der Waals surface area contributed by atoms with Crippen LogP contribution in [0.4, 0.5) is 0 Å². The molecule has 26 heavy (non-hydrogen) atoms. The van der Waals surface area contributed by atoms with Gasteiger partial charge >= 0.3 is 0 Å². The maximum Gasteiger partial charge on any atom is 0.270 e. The number of hydrogen-bond acceptors (Lipinski definition) is 5. The van der Waals surface area contributed by atoms with Gasteiger partial charge in [0.2, 0.25) is 5.91 Å². The largest absolute Gasteiger partial charge is 0.369 e. The number of carbonyl (C=O) groups excluding carboxylic acids is 2. The first kappa shape index (κ1) is 18.1. The van der Waals surface area contributed by atoms with E-state index in [1.807, 2.05) is 6.07 Å². The number of hydrogen-bond donors (Lipinski definition) is 2. The van der Waals surface area contributed by atoms with E-state index in [1.165, 1.54) is 10.6 Å². The number of nitrogens with one attached hydrogen (secondary N) is 1. The molecule has 2 amide bonds. The van der Waals surface area contributed by atoms with E-state index in [0.29, 0.717) is 25.3 Å². The number of piperidine rings is 1. The van der Waals surface area contributed by atoms with Crippen LogP contribution in [0.5, 0.6) is 0 Å². The molecule has 0 aliphatic carbocycles. The van der Waals surface area contributed by atoms with E-state index in [0.717, 1.165) is 25.1 Å². The summed E-state index contributed by atoms with van der Waals surface area (Å²) >= 11 is 0. The van der Waals surface area contributed by atoms with Gasteiger partial charge in [-0.3, -0.25) is 18.8 Å². The molecule has 1 saturated heterocycles. The number of pyridine rings is 1. The van der Waals surface area contributed by atoms with Gasteiger partial charge in [0, 0.05) is 31.5 Å². The monoisotopic (exact) mass is 357 g/mol. The second kappa shape index (κ2) is 7.65. The Morgan fingerprint density at radius 2 is 2.19 bits per heavy atom. The quantitative estimate of drug-likeness (QED) is 0.778. The molecule has 1 fully saturated rings. The van der Waals surface area contributed by atoms with Crippen LogP contribution in [0.25, 0.3) is 5.65 Å². The summed E-state index contributed by atoms with van der Waals surface area (Å²) in [4.78, 5) is 42.6. The van der Waals surface area contributed by atoms with E-state index in [-0.39, 0.29) is 22.9 Å². The molecule has 0 bridgehead atoms. The van der Waals surface area contributed by atoms with Crippen molar-refractivity contribution in [3.63, 3.8) is 0 Å². The minimum Gasteiger partial charge on any atom is -0.369 e. The lowest BCUT2D eigenvalue weighted by Gasteiger charge is -2.31. The molecule has 1 unspecified atom stereocenters. The molecule has 3 rings (SSSR count). The molecule has 0 radical (unpaired) electrons. The van der Waals surface area contributed by atoms with Gasteiger partial charge in [-0.15, -0.1) is 0 Å². The van der Waals surface area contributed by atoms with Gasteiger partial charge in [0.1, 0.15) is 11.2 Å². The summed E-state index contributed by atoms with van der Waals surface area (Å²) in [6.45, 7) is 4.28. The Morgan fingerprint density at radius 3 is 2.96 bits per heavy atom. The van der Waals surface area contributed by atoms with Crippen molar-refractivity contribution in [3.05, 3.63) is 46.0 Å². The van der Waals surface area contributed by atoms with Crippen LogP contribution < -0.4 is 16.6 Å². The number of nitrogens with two attached hydrogens (primary N) is 1. The number of nitrogens with zero attached hydrogens (tertiary/aromatic N) is 3. The van der Waals surface area contributed by atoms with E-state index >= 15 is 0 Å². The van der Waals surface area contributed by atoms with Gasteiger partial charge in [-0.25, -0.2) is 4.98 Å². The van der Waals surface area contributed by atoms with Gasteiger partial charge in [0.25, 0.3) is 11.5 Å². The highest BCUT2D eigenvalue weighted by Crippen LogP contribution is 2.15. The highest BCUT2D eigenvalue weighted by molar-refractivity contribution is 5.93. The minimum absolute atomic E-state index is 0.0189. The third kappa shape index (κ3) is 3.75. The summed E-state index contributed by atoms with van der Waals surface area (Å²) in [5, 5.41) is 2.77. The summed E-state index contributed by atoms with van der Waals surface area (Å²) in [6.07, 6.45) is 3.05. The Morgan fingerprint density at radius 1 is 1.38 bits per heavy atom. The highest BCUT2D eigenvalue weighted by Gasteiger charge is 2.23. The lowest BCUT2D eigenvalue weighted by Crippen LogP contribution is -2.44. The summed E-state index contributed by atoms with van der Waals surface area (Å²) < 4.78 is 1.43. The zero-order chi connectivity index (χ0) is 18.7. The molecule has 3 N–H and O–H groups in total. The first-order valence-corrected chi connectivity index (χ1v) is 8.74. The van der Waals surface area contributed by atoms with Gasteiger partial charge < -0.3 is 16.0 Å². The number of carbonyl (C=O) groups is 2. The van der Waals surface area contributed by atoms with Crippen LogP contribution >= 0.6 is 0 Å². The number of rotatable bonds is 5. The minimum atomic E-state index is -0.441. The van der Waals surface area contributed by atoms with Crippen LogP contribution in [-0.4, -0.2) is 52.3 Å². The molecular weight excluding hydrogens is 334 g/mol. The lowest BCUT2D eigenvalue weighted by atomic mass is 9.97. The molecule has 1 aliphatic rings. The fourth-order valence-electron chi connectivity index (χ4n) is 3.34. The summed E-state index contributed by atoms with van der Waals surface area (Å²) in [6, 6.07) is 5.33. The topological polar surface area (TPSA) is 110 Å². The average Bonchev–Trinajstić information content (AvgIpc) is 2.62. The van der Waals surface area contributed by atoms with E-state index in [9.17, 15) is 14.4 Å². The number of aryl methyl sites for hydroxylation is 1. The summed E-state index contributed by atoms with van der Waals surface area (Å²) in [7, 11) is 0. The van der Waals surface area contributed by atoms with Gasteiger partial charge in [-0.2, -0.15) is 0 Å². The molecule has 8 nitrogen and oxygen atoms in total. The molecule has 1 aliphatic heterocycles. The first-order chi connectivity index (χ1) is 12.5. The van der Waals surface area contributed by atoms with Crippen LogP contribution in [0.2, 0.25) is 0 Å². The predicted molar refractivity (Wildman–Crippen MR) is 96.9 cm³/mol. The van der Waals surface area contributed by atoms with E-state index in [4.69, 9.17) is 5.73 Å². The Hall–Kier alpha value is -2.74. The molecule has 0 spiro atoms. The van der Waals surface area contributed by atoms with Gasteiger partial charge in [-0.1, -0.05) is 6.07 Å². The molecule has 2 aromatic rings. The van der Waals surface area contributed by atoms with Crippen molar-refractivity contribution >= 4 is 17.5 Å². The maximum absolute atomic E-state index is 12.6. The molecule has 1 atom stereocenters. The number of fused-ring (bicyclic) bond motifs is 1. The number of aromatic nitrogens is 2. The van der Waals surface area contributed by atoms with Crippen molar-refractivity contribution < 1.29 is 9.59 Å². The van der Waals surface area contributed by atoms with Crippen molar-refractivity contribution in [2.75, 3.05) is 26.2 Å². The van der Waals surface area contributed by atoms with Crippen LogP contribution in [-0.2, 0) is 4.79 Å². The van der Waals surface area contributed by atoms with Gasteiger partial charge in [-0.05, 0) is 38.4 Å². The van der Waals surface area contributed by atoms with Gasteiger partial charge in [0.05, 0.1) is 5.92 Å².